The molecule has 0 amide bonds. The van der Waals surface area contributed by atoms with Gasteiger partial charge in [-0.1, -0.05) is 36.4 Å². The molecular weight excluding hydrogens is 346 g/mol. The van der Waals surface area contributed by atoms with Crippen LogP contribution >= 0.6 is 0 Å². The van der Waals surface area contributed by atoms with Crippen LogP contribution in [0.2, 0.25) is 0 Å². The van der Waals surface area contributed by atoms with Crippen molar-refractivity contribution in [2.75, 3.05) is 0 Å². The molecule has 0 saturated carbocycles. The number of aromatic nitrogens is 1. The van der Waals surface area contributed by atoms with E-state index in [2.05, 4.69) is 41.0 Å². The van der Waals surface area contributed by atoms with Crippen LogP contribution in [0.3, 0.4) is 0 Å². The summed E-state index contributed by atoms with van der Waals surface area (Å²) in [5, 5.41) is 4.53. The third kappa shape index (κ3) is 1.96. The van der Waals surface area contributed by atoms with E-state index in [1.807, 2.05) is 48.5 Å². The molecule has 6 aromatic rings. The molecule has 0 spiro atoms. The molecule has 0 atom stereocenters. The summed E-state index contributed by atoms with van der Waals surface area (Å²) in [4.78, 5) is 11.0. The molecule has 0 fully saturated rings. The number of para-hydroxylation sites is 2. The first-order valence-electron chi connectivity index (χ1n) is 9.24. The smallest absolute Gasteiger partial charge is 0.150 e. The summed E-state index contributed by atoms with van der Waals surface area (Å²) in [7, 11) is 0. The lowest BCUT2D eigenvalue weighted by atomic mass is 10.1. The minimum atomic E-state index is 0.671. The van der Waals surface area contributed by atoms with Crippen molar-refractivity contribution in [1.29, 1.82) is 0 Å². The Morgan fingerprint density at radius 2 is 1.43 bits per heavy atom. The molecule has 3 heteroatoms. The normalized spacial score (nSPS) is 11.7. The average Bonchev–Trinajstić information content (AvgIpc) is 3.29. The number of hydrogen-bond acceptors (Lipinski definition) is 2. The van der Waals surface area contributed by atoms with Crippen molar-refractivity contribution in [3.05, 3.63) is 90.5 Å². The Bertz CT molecular complexity index is 1520. The minimum Gasteiger partial charge on any atom is -0.455 e. The molecule has 2 aromatic heterocycles. The fourth-order valence-electron chi connectivity index (χ4n) is 4.22. The van der Waals surface area contributed by atoms with Crippen LogP contribution in [0.4, 0.5) is 0 Å². The zero-order valence-electron chi connectivity index (χ0n) is 14.9. The molecule has 0 radical (unpaired) electrons. The van der Waals surface area contributed by atoms with Crippen LogP contribution in [0.15, 0.2) is 89.3 Å². The van der Waals surface area contributed by atoms with Crippen LogP contribution in [0.1, 0.15) is 10.4 Å². The maximum atomic E-state index is 11.0. The Morgan fingerprint density at radius 3 is 2.25 bits per heavy atom. The van der Waals surface area contributed by atoms with Crippen molar-refractivity contribution in [1.82, 2.24) is 4.57 Å². The van der Waals surface area contributed by atoms with Crippen molar-refractivity contribution in [3.63, 3.8) is 0 Å². The third-order valence-electron chi connectivity index (χ3n) is 5.47. The van der Waals surface area contributed by atoms with Gasteiger partial charge in [-0.25, -0.2) is 0 Å². The Hall–Kier alpha value is -3.85. The second kappa shape index (κ2) is 5.57. The number of carbonyl (C=O) groups excluding carboxylic acids is 1. The highest BCUT2D eigenvalue weighted by Gasteiger charge is 2.18. The van der Waals surface area contributed by atoms with Gasteiger partial charge in [-0.15, -0.1) is 0 Å². The molecule has 4 aromatic carbocycles. The molecule has 3 nitrogen and oxygen atoms in total. The standard InChI is InChI=1S/C25H15NO2/c27-15-16-9-11-17(12-10-16)26-21-7-3-1-6-20(21)24-22(26)14-13-19-18-5-2-4-8-23(18)28-25(19)24/h1-15H. The molecule has 0 bridgehead atoms. The molecule has 28 heavy (non-hydrogen) atoms. The van der Waals surface area contributed by atoms with Gasteiger partial charge in [0.05, 0.1) is 16.4 Å². The van der Waals surface area contributed by atoms with Crippen LogP contribution in [0.5, 0.6) is 0 Å². The number of furan rings is 1. The lowest BCUT2D eigenvalue weighted by Crippen LogP contribution is -1.94. The number of rotatable bonds is 2. The number of carbonyl (C=O) groups is 1. The van der Waals surface area contributed by atoms with Gasteiger partial charge in [0.2, 0.25) is 0 Å². The van der Waals surface area contributed by atoms with Crippen molar-refractivity contribution in [3.8, 4) is 5.69 Å². The quantitative estimate of drug-likeness (QED) is 0.330. The Morgan fingerprint density at radius 1 is 0.679 bits per heavy atom. The molecule has 0 unspecified atom stereocenters. The van der Waals surface area contributed by atoms with Gasteiger partial charge in [0.15, 0.2) is 0 Å². The maximum Gasteiger partial charge on any atom is 0.150 e. The molecule has 6 rings (SSSR count). The Labute approximate surface area is 160 Å². The minimum absolute atomic E-state index is 0.671. The van der Waals surface area contributed by atoms with E-state index in [0.29, 0.717) is 5.56 Å². The molecule has 0 aliphatic carbocycles. The summed E-state index contributed by atoms with van der Waals surface area (Å²) < 4.78 is 8.53. The summed E-state index contributed by atoms with van der Waals surface area (Å²) in [5.41, 5.74) is 5.71. The molecule has 2 heterocycles. The van der Waals surface area contributed by atoms with E-state index < -0.39 is 0 Å². The summed E-state index contributed by atoms with van der Waals surface area (Å²) in [6.45, 7) is 0. The molecule has 132 valence electrons. The predicted molar refractivity (Wildman–Crippen MR) is 113 cm³/mol. The van der Waals surface area contributed by atoms with Gasteiger partial charge in [0.25, 0.3) is 0 Å². The number of nitrogens with zero attached hydrogens (tertiary/aromatic N) is 1. The highest BCUT2D eigenvalue weighted by molar-refractivity contribution is 6.23. The van der Waals surface area contributed by atoms with E-state index in [9.17, 15) is 4.79 Å². The van der Waals surface area contributed by atoms with Crippen LogP contribution in [-0.4, -0.2) is 10.9 Å². The maximum absolute atomic E-state index is 11.0. The van der Waals surface area contributed by atoms with Crippen LogP contribution < -0.4 is 0 Å². The van der Waals surface area contributed by atoms with E-state index in [1.54, 1.807) is 0 Å². The van der Waals surface area contributed by atoms with Gasteiger partial charge in [-0.05, 0) is 48.5 Å². The van der Waals surface area contributed by atoms with E-state index >= 15 is 0 Å². The predicted octanol–water partition coefficient (Wildman–Crippen LogP) is 6.50. The first kappa shape index (κ1) is 15.2. The second-order valence-corrected chi connectivity index (χ2v) is 7.00. The number of aldehydes is 1. The van der Waals surface area contributed by atoms with Gasteiger partial charge in [0, 0.05) is 27.4 Å². The van der Waals surface area contributed by atoms with Crippen molar-refractivity contribution >= 4 is 50.0 Å². The molecule has 0 aliphatic heterocycles. The first-order chi connectivity index (χ1) is 13.8. The van der Waals surface area contributed by atoms with E-state index in [4.69, 9.17) is 4.42 Å². The fraction of sp³-hybridized carbons (Fsp3) is 0. The van der Waals surface area contributed by atoms with Crippen molar-refractivity contribution < 1.29 is 9.21 Å². The zero-order chi connectivity index (χ0) is 18.7. The van der Waals surface area contributed by atoms with Crippen LogP contribution in [0.25, 0.3) is 49.4 Å². The van der Waals surface area contributed by atoms with Gasteiger partial charge in [-0.2, -0.15) is 0 Å². The number of hydrogen-bond donors (Lipinski definition) is 0. The second-order valence-electron chi connectivity index (χ2n) is 7.00. The van der Waals surface area contributed by atoms with Crippen molar-refractivity contribution in [2.45, 2.75) is 0 Å². The van der Waals surface area contributed by atoms with E-state index in [0.717, 1.165) is 55.7 Å². The number of benzene rings is 4. The summed E-state index contributed by atoms with van der Waals surface area (Å²) in [6.07, 6.45) is 0.869. The van der Waals surface area contributed by atoms with Crippen molar-refractivity contribution in [2.24, 2.45) is 0 Å². The number of fused-ring (bicyclic) bond motifs is 7. The van der Waals surface area contributed by atoms with Gasteiger partial charge in [0.1, 0.15) is 17.5 Å². The lowest BCUT2D eigenvalue weighted by molar-refractivity contribution is 0.112. The fourth-order valence-corrected chi connectivity index (χ4v) is 4.22. The van der Waals surface area contributed by atoms with Crippen LogP contribution in [0, 0.1) is 0 Å². The zero-order valence-corrected chi connectivity index (χ0v) is 14.9. The first-order valence-corrected chi connectivity index (χ1v) is 9.24. The Balaban J connectivity index is 1.81. The monoisotopic (exact) mass is 361 g/mol. The highest BCUT2D eigenvalue weighted by atomic mass is 16.3. The SMILES string of the molecule is O=Cc1ccc(-n2c3ccccc3c3c4oc5ccccc5c4ccc32)cc1. The molecular formula is C25H15NO2. The summed E-state index contributed by atoms with van der Waals surface area (Å²) >= 11 is 0. The largest absolute Gasteiger partial charge is 0.455 e. The van der Waals surface area contributed by atoms with Crippen LogP contribution in [-0.2, 0) is 0 Å². The summed E-state index contributed by atoms with van der Waals surface area (Å²) in [6, 6.07) is 28.5. The summed E-state index contributed by atoms with van der Waals surface area (Å²) in [5.74, 6) is 0. The molecule has 0 aliphatic rings. The Kier molecular flexibility index (Phi) is 3.03. The highest BCUT2D eigenvalue weighted by Crippen LogP contribution is 2.40. The molecule has 0 N–H and O–H groups in total. The van der Waals surface area contributed by atoms with E-state index in [1.165, 1.54) is 0 Å². The van der Waals surface area contributed by atoms with Gasteiger partial charge in [-0.3, -0.25) is 4.79 Å². The van der Waals surface area contributed by atoms with Gasteiger partial charge >= 0.3 is 0 Å². The lowest BCUT2D eigenvalue weighted by Gasteiger charge is -2.07. The average molecular weight is 361 g/mol. The van der Waals surface area contributed by atoms with E-state index in [-0.39, 0.29) is 0 Å². The van der Waals surface area contributed by atoms with Gasteiger partial charge < -0.3 is 8.98 Å². The molecule has 0 saturated heterocycles. The topological polar surface area (TPSA) is 35.1 Å². The third-order valence-corrected chi connectivity index (χ3v) is 5.47.